The predicted molar refractivity (Wildman–Crippen MR) is 116 cm³/mol. The Morgan fingerprint density at radius 3 is 2.55 bits per heavy atom. The molecule has 0 aromatic carbocycles. The number of hydrogen-bond donors (Lipinski definition) is 1. The highest BCUT2D eigenvalue weighted by Gasteiger charge is 2.27. The van der Waals surface area contributed by atoms with Crippen molar-refractivity contribution in [3.8, 4) is 0 Å². The predicted octanol–water partition coefficient (Wildman–Crippen LogP) is 4.04. The van der Waals surface area contributed by atoms with E-state index in [1.807, 2.05) is 20.8 Å². The zero-order valence-electron chi connectivity index (χ0n) is 19.1. The van der Waals surface area contributed by atoms with Crippen LogP contribution in [-0.4, -0.2) is 41.2 Å². The molecular formula is C24H42N3O2+. The Bertz CT molecular complexity index is 654. The molecule has 0 unspecified atom stereocenters. The van der Waals surface area contributed by atoms with Gasteiger partial charge in [-0.3, -0.25) is 4.79 Å². The number of hydrogen-bond acceptors (Lipinski definition) is 3. The molecule has 1 aromatic heterocycles. The Kier molecular flexibility index (Phi) is 7.78. The number of carbonyl (C=O) groups excluding carboxylic acids is 1. The number of aryl methyl sites for hydroxylation is 1. The van der Waals surface area contributed by atoms with E-state index in [2.05, 4.69) is 27.8 Å². The maximum atomic E-state index is 12.1. The number of aromatic amines is 1. The first-order valence-electron chi connectivity index (χ1n) is 11.9. The summed E-state index contributed by atoms with van der Waals surface area (Å²) >= 11 is 0. The van der Waals surface area contributed by atoms with Gasteiger partial charge in [-0.15, -0.1) is 4.68 Å². The van der Waals surface area contributed by atoms with Gasteiger partial charge in [0, 0.05) is 37.9 Å². The van der Waals surface area contributed by atoms with E-state index in [-0.39, 0.29) is 11.6 Å². The maximum Gasteiger partial charge on any atom is 0.306 e. The molecule has 164 valence electrons. The van der Waals surface area contributed by atoms with Crippen LogP contribution in [0.2, 0.25) is 0 Å². The van der Waals surface area contributed by atoms with Crippen LogP contribution in [0.25, 0.3) is 0 Å². The maximum absolute atomic E-state index is 12.1. The lowest BCUT2D eigenvalue weighted by Gasteiger charge is -2.30. The molecule has 1 aliphatic carbocycles. The van der Waals surface area contributed by atoms with Crippen molar-refractivity contribution in [2.45, 2.75) is 97.6 Å². The first-order chi connectivity index (χ1) is 13.8. The van der Waals surface area contributed by atoms with Crippen LogP contribution in [0.3, 0.4) is 0 Å². The van der Waals surface area contributed by atoms with Gasteiger partial charge < -0.3 is 9.64 Å². The summed E-state index contributed by atoms with van der Waals surface area (Å²) in [6.07, 6.45) is 12.6. The third-order valence-corrected chi connectivity index (χ3v) is 6.60. The van der Waals surface area contributed by atoms with E-state index in [0.717, 1.165) is 12.5 Å². The fraction of sp³-hybridized carbons (Fsp3) is 0.833. The highest BCUT2D eigenvalue weighted by atomic mass is 16.6. The van der Waals surface area contributed by atoms with Gasteiger partial charge in [-0.2, -0.15) is 5.10 Å². The van der Waals surface area contributed by atoms with Gasteiger partial charge in [0.05, 0.1) is 6.20 Å². The van der Waals surface area contributed by atoms with Crippen LogP contribution in [0.15, 0.2) is 6.20 Å². The molecule has 5 heteroatoms. The minimum absolute atomic E-state index is 0.0190. The monoisotopic (exact) mass is 404 g/mol. The number of nitrogens with zero attached hydrogens (tertiary/aromatic N) is 2. The summed E-state index contributed by atoms with van der Waals surface area (Å²) in [7, 11) is 0. The van der Waals surface area contributed by atoms with Gasteiger partial charge in [-0.25, -0.2) is 0 Å². The number of fused-ring (bicyclic) bond motifs is 1. The third kappa shape index (κ3) is 6.84. The molecular weight excluding hydrogens is 362 g/mol. The molecule has 0 amide bonds. The number of ether oxygens (including phenoxy) is 1. The Morgan fingerprint density at radius 2 is 1.86 bits per heavy atom. The van der Waals surface area contributed by atoms with Crippen LogP contribution >= 0.6 is 0 Å². The fourth-order valence-corrected chi connectivity index (χ4v) is 5.01. The molecule has 2 aliphatic rings. The number of H-pyrrole nitrogens is 1. The topological polar surface area (TPSA) is 49.2 Å². The molecule has 0 bridgehead atoms. The highest BCUT2D eigenvalue weighted by Crippen LogP contribution is 2.33. The van der Waals surface area contributed by atoms with Crippen molar-refractivity contribution in [2.24, 2.45) is 11.8 Å². The van der Waals surface area contributed by atoms with Gasteiger partial charge >= 0.3 is 5.97 Å². The lowest BCUT2D eigenvalue weighted by atomic mass is 9.79. The normalized spacial score (nSPS) is 23.4. The molecule has 3 rings (SSSR count). The smallest absolute Gasteiger partial charge is 0.306 e. The molecule has 0 spiro atoms. The SMILES string of the molecule is CCC[n+]1[nH]cc2c1CCN(CCC1CCC(CC(=O)OC(C)(C)C)CC1)CC2. The van der Waals surface area contributed by atoms with Crippen molar-refractivity contribution < 1.29 is 14.2 Å². The van der Waals surface area contributed by atoms with Gasteiger partial charge in [0.25, 0.3) is 0 Å². The van der Waals surface area contributed by atoms with E-state index >= 15 is 0 Å². The van der Waals surface area contributed by atoms with Crippen LogP contribution < -0.4 is 4.68 Å². The lowest BCUT2D eigenvalue weighted by Crippen LogP contribution is -2.40. The van der Waals surface area contributed by atoms with E-state index in [9.17, 15) is 4.79 Å². The van der Waals surface area contributed by atoms with E-state index in [1.165, 1.54) is 82.3 Å². The van der Waals surface area contributed by atoms with Crippen LogP contribution in [0.4, 0.5) is 0 Å². The second kappa shape index (κ2) is 10.1. The summed E-state index contributed by atoms with van der Waals surface area (Å²) in [5, 5.41) is 3.44. The minimum Gasteiger partial charge on any atom is -0.460 e. The van der Waals surface area contributed by atoms with Crippen molar-refractivity contribution in [1.82, 2.24) is 10.00 Å². The average molecular weight is 405 g/mol. The summed E-state index contributed by atoms with van der Waals surface area (Å²) in [4.78, 5) is 14.7. The zero-order valence-corrected chi connectivity index (χ0v) is 19.1. The van der Waals surface area contributed by atoms with Crippen LogP contribution in [-0.2, 0) is 28.9 Å². The Hall–Kier alpha value is -1.36. The lowest BCUT2D eigenvalue weighted by molar-refractivity contribution is -0.756. The minimum atomic E-state index is -0.363. The molecule has 1 fully saturated rings. The largest absolute Gasteiger partial charge is 0.460 e. The fourth-order valence-electron chi connectivity index (χ4n) is 5.01. The van der Waals surface area contributed by atoms with Gasteiger partial charge in [-0.05, 0) is 64.8 Å². The molecule has 1 saturated carbocycles. The number of rotatable bonds is 7. The third-order valence-electron chi connectivity index (χ3n) is 6.60. The number of nitrogens with one attached hydrogen (secondary N) is 1. The molecule has 29 heavy (non-hydrogen) atoms. The molecule has 5 nitrogen and oxygen atoms in total. The van der Waals surface area contributed by atoms with E-state index in [0.29, 0.717) is 12.3 Å². The van der Waals surface area contributed by atoms with Gasteiger partial charge in [0.2, 0.25) is 5.69 Å². The molecule has 0 atom stereocenters. The second-order valence-corrected chi connectivity index (χ2v) is 10.2. The summed E-state index contributed by atoms with van der Waals surface area (Å²) in [6.45, 7) is 12.8. The average Bonchev–Trinajstić information content (AvgIpc) is 2.91. The molecule has 1 N–H and O–H groups in total. The van der Waals surface area contributed by atoms with Crippen molar-refractivity contribution >= 4 is 5.97 Å². The highest BCUT2D eigenvalue weighted by molar-refractivity contribution is 5.70. The summed E-state index contributed by atoms with van der Waals surface area (Å²) in [5.74, 6) is 1.34. The molecule has 1 aromatic rings. The second-order valence-electron chi connectivity index (χ2n) is 10.2. The summed E-state index contributed by atoms with van der Waals surface area (Å²) in [5.41, 5.74) is 2.68. The molecule has 0 saturated heterocycles. The van der Waals surface area contributed by atoms with Crippen molar-refractivity contribution in [1.29, 1.82) is 0 Å². The summed E-state index contributed by atoms with van der Waals surface area (Å²) in [6, 6.07) is 0. The van der Waals surface area contributed by atoms with Gasteiger partial charge in [-0.1, -0.05) is 19.8 Å². The Balaban J connectivity index is 1.36. The Morgan fingerprint density at radius 1 is 1.17 bits per heavy atom. The van der Waals surface area contributed by atoms with Crippen molar-refractivity contribution in [3.63, 3.8) is 0 Å². The van der Waals surface area contributed by atoms with Crippen LogP contribution in [0, 0.1) is 11.8 Å². The van der Waals surface area contributed by atoms with Crippen molar-refractivity contribution in [3.05, 3.63) is 17.5 Å². The molecule has 0 radical (unpaired) electrons. The number of aromatic nitrogens is 2. The number of carbonyl (C=O) groups is 1. The van der Waals surface area contributed by atoms with E-state index in [4.69, 9.17) is 4.74 Å². The van der Waals surface area contributed by atoms with Gasteiger partial charge in [0.15, 0.2) is 6.54 Å². The van der Waals surface area contributed by atoms with E-state index < -0.39 is 0 Å². The van der Waals surface area contributed by atoms with Gasteiger partial charge in [0.1, 0.15) is 5.60 Å². The van der Waals surface area contributed by atoms with Crippen LogP contribution in [0.5, 0.6) is 0 Å². The standard InChI is InChI=1S/C24H41N3O2/c1-5-13-27-22-12-16-26(15-11-21(22)18-25-27)14-10-19-6-8-20(9-7-19)17-23(28)29-24(2,3)4/h18-20H,5-17H2,1-4H3/p+1. The van der Waals surface area contributed by atoms with E-state index in [1.54, 1.807) is 0 Å². The molecule has 2 heterocycles. The summed E-state index contributed by atoms with van der Waals surface area (Å²) < 4.78 is 7.85. The first kappa shape index (κ1) is 22.3. The Labute approximate surface area is 177 Å². The van der Waals surface area contributed by atoms with Crippen molar-refractivity contribution in [2.75, 3.05) is 19.6 Å². The number of esters is 1. The van der Waals surface area contributed by atoms with Crippen LogP contribution in [0.1, 0.15) is 83.9 Å². The quantitative estimate of drug-likeness (QED) is 0.551. The first-order valence-corrected chi connectivity index (χ1v) is 11.9. The zero-order chi connectivity index (χ0) is 20.9. The molecule has 1 aliphatic heterocycles.